The van der Waals surface area contributed by atoms with E-state index in [2.05, 4.69) is 5.10 Å². The first-order valence-electron chi connectivity index (χ1n) is 8.83. The van der Waals surface area contributed by atoms with Crippen LogP contribution in [0.15, 0.2) is 17.3 Å². The van der Waals surface area contributed by atoms with Gasteiger partial charge in [0.05, 0.1) is 6.20 Å². The third-order valence-electron chi connectivity index (χ3n) is 4.99. The van der Waals surface area contributed by atoms with Crippen LogP contribution in [0.25, 0.3) is 0 Å². The van der Waals surface area contributed by atoms with Gasteiger partial charge in [-0.05, 0) is 25.2 Å². The summed E-state index contributed by atoms with van der Waals surface area (Å²) in [6.45, 7) is 4.28. The van der Waals surface area contributed by atoms with E-state index in [-0.39, 0.29) is 22.9 Å². The summed E-state index contributed by atoms with van der Waals surface area (Å²) in [5, 5.41) is 4.16. The average Bonchev–Trinajstić information content (AvgIpc) is 2.85. The molecule has 3 aliphatic rings. The van der Waals surface area contributed by atoms with Gasteiger partial charge in [-0.3, -0.25) is 4.68 Å². The molecule has 3 saturated heterocycles. The minimum atomic E-state index is -3.58. The summed E-state index contributed by atoms with van der Waals surface area (Å²) in [6, 6.07) is -0.214. The molecule has 0 N–H and O–H groups in total. The Morgan fingerprint density at radius 2 is 2.04 bits per heavy atom. The van der Waals surface area contributed by atoms with Crippen LogP contribution in [0, 0.1) is 5.92 Å². The number of urea groups is 1. The first-order chi connectivity index (χ1) is 11.8. The Hall–Kier alpha value is -1.61. The lowest BCUT2D eigenvalue weighted by atomic mass is 9.97. The largest absolute Gasteiger partial charge is 0.331 e. The van der Waals surface area contributed by atoms with Crippen LogP contribution in [0.1, 0.15) is 26.2 Å². The van der Waals surface area contributed by atoms with Gasteiger partial charge in [-0.15, -0.1) is 0 Å². The van der Waals surface area contributed by atoms with E-state index in [4.69, 9.17) is 0 Å². The molecule has 0 saturated carbocycles. The zero-order valence-electron chi connectivity index (χ0n) is 15.1. The molecule has 8 nitrogen and oxygen atoms in total. The molecule has 4 heterocycles. The van der Waals surface area contributed by atoms with E-state index in [0.717, 1.165) is 19.3 Å². The smallest absolute Gasteiger partial charge is 0.319 e. The molecule has 25 heavy (non-hydrogen) atoms. The molecule has 3 aliphatic heterocycles. The SMILES string of the molecule is CCCn1cc(S(=O)(=O)N2C[C@H]3CC[C@@H]2CN(C(=O)N(C)C)C3)cn1. The number of nitrogens with zero attached hydrogens (tertiary/aromatic N) is 5. The van der Waals surface area contributed by atoms with Gasteiger partial charge in [0.25, 0.3) is 0 Å². The van der Waals surface area contributed by atoms with Gasteiger partial charge < -0.3 is 9.80 Å². The molecule has 1 aromatic rings. The Kier molecular flexibility index (Phi) is 5.06. The highest BCUT2D eigenvalue weighted by Gasteiger charge is 2.42. The fourth-order valence-corrected chi connectivity index (χ4v) is 5.41. The van der Waals surface area contributed by atoms with Crippen molar-refractivity contribution in [3.63, 3.8) is 0 Å². The highest BCUT2D eigenvalue weighted by molar-refractivity contribution is 7.89. The van der Waals surface area contributed by atoms with Crippen molar-refractivity contribution in [2.24, 2.45) is 5.92 Å². The van der Waals surface area contributed by atoms with E-state index in [1.807, 2.05) is 6.92 Å². The number of sulfonamides is 1. The van der Waals surface area contributed by atoms with Gasteiger partial charge in [-0.1, -0.05) is 6.92 Å². The fraction of sp³-hybridized carbons (Fsp3) is 0.750. The maximum atomic E-state index is 13.1. The first-order valence-corrected chi connectivity index (χ1v) is 10.3. The van der Waals surface area contributed by atoms with Crippen LogP contribution in [0.4, 0.5) is 4.79 Å². The molecule has 2 amide bonds. The van der Waals surface area contributed by atoms with Crippen molar-refractivity contribution in [1.82, 2.24) is 23.9 Å². The van der Waals surface area contributed by atoms with E-state index in [0.29, 0.717) is 26.2 Å². The fourth-order valence-electron chi connectivity index (χ4n) is 3.74. The van der Waals surface area contributed by atoms with Crippen molar-refractivity contribution in [3.05, 3.63) is 12.4 Å². The lowest BCUT2D eigenvalue weighted by Crippen LogP contribution is -2.48. The van der Waals surface area contributed by atoms with Crippen molar-refractivity contribution < 1.29 is 13.2 Å². The van der Waals surface area contributed by atoms with E-state index in [1.165, 1.54) is 6.20 Å². The van der Waals surface area contributed by atoms with Crippen LogP contribution in [0.2, 0.25) is 0 Å². The minimum Gasteiger partial charge on any atom is -0.331 e. The van der Waals surface area contributed by atoms with E-state index in [1.54, 1.807) is 39.1 Å². The quantitative estimate of drug-likeness (QED) is 0.795. The topological polar surface area (TPSA) is 78.8 Å². The Bertz CT molecular complexity index is 730. The average molecular weight is 369 g/mol. The maximum absolute atomic E-state index is 13.1. The van der Waals surface area contributed by atoms with Crippen LogP contribution >= 0.6 is 0 Å². The van der Waals surface area contributed by atoms with Crippen LogP contribution < -0.4 is 0 Å². The molecule has 9 heteroatoms. The molecule has 2 atom stereocenters. The Morgan fingerprint density at radius 3 is 2.72 bits per heavy atom. The summed E-state index contributed by atoms with van der Waals surface area (Å²) in [4.78, 5) is 15.9. The summed E-state index contributed by atoms with van der Waals surface area (Å²) >= 11 is 0. The lowest BCUT2D eigenvalue weighted by molar-refractivity contribution is 0.167. The van der Waals surface area contributed by atoms with Crippen LogP contribution in [0.3, 0.4) is 0 Å². The van der Waals surface area contributed by atoms with Crippen molar-refractivity contribution in [3.8, 4) is 0 Å². The van der Waals surface area contributed by atoms with Gasteiger partial charge in [0.1, 0.15) is 4.90 Å². The van der Waals surface area contributed by atoms with Crippen molar-refractivity contribution >= 4 is 16.1 Å². The van der Waals surface area contributed by atoms with Crippen molar-refractivity contribution in [2.75, 3.05) is 33.7 Å². The monoisotopic (exact) mass is 369 g/mol. The molecule has 0 unspecified atom stereocenters. The van der Waals surface area contributed by atoms with Crippen molar-refractivity contribution in [2.45, 2.75) is 43.7 Å². The molecular weight excluding hydrogens is 342 g/mol. The zero-order chi connectivity index (χ0) is 18.2. The van der Waals surface area contributed by atoms with Gasteiger partial charge in [0.2, 0.25) is 10.0 Å². The van der Waals surface area contributed by atoms with Crippen molar-refractivity contribution in [1.29, 1.82) is 0 Å². The molecule has 4 rings (SSSR count). The third kappa shape index (κ3) is 3.52. The van der Waals surface area contributed by atoms with Gasteiger partial charge in [-0.2, -0.15) is 9.40 Å². The summed E-state index contributed by atoms with van der Waals surface area (Å²) in [7, 11) is -0.129. The second-order valence-electron chi connectivity index (χ2n) is 7.19. The molecule has 3 fully saturated rings. The predicted molar refractivity (Wildman–Crippen MR) is 93.6 cm³/mol. The van der Waals surface area contributed by atoms with Crippen LogP contribution in [-0.4, -0.2) is 78.1 Å². The molecule has 140 valence electrons. The summed E-state index contributed by atoms with van der Waals surface area (Å²) in [5.74, 6) is 0.183. The molecule has 0 aliphatic carbocycles. The number of amides is 2. The van der Waals surface area contributed by atoms with Gasteiger partial charge in [-0.25, -0.2) is 13.2 Å². The number of hydrogen-bond acceptors (Lipinski definition) is 4. The van der Waals surface area contributed by atoms with Gasteiger partial charge in [0, 0.05) is 52.5 Å². The number of hydrogen-bond donors (Lipinski definition) is 0. The number of piperidine rings is 1. The first kappa shape index (κ1) is 18.2. The number of aryl methyl sites for hydroxylation is 1. The number of fused-ring (bicyclic) bond motifs is 4. The number of carbonyl (C=O) groups excluding carboxylic acids is 1. The molecule has 2 bridgehead atoms. The summed E-state index contributed by atoms with van der Waals surface area (Å²) < 4.78 is 29.5. The van der Waals surface area contributed by atoms with E-state index in [9.17, 15) is 13.2 Å². The highest BCUT2D eigenvalue weighted by atomic mass is 32.2. The Labute approximate surface area is 149 Å². The number of rotatable bonds is 4. The highest BCUT2D eigenvalue weighted by Crippen LogP contribution is 2.32. The van der Waals surface area contributed by atoms with Crippen LogP contribution in [-0.2, 0) is 16.6 Å². The molecule has 1 aromatic heterocycles. The number of aromatic nitrogens is 2. The summed E-state index contributed by atoms with van der Waals surface area (Å²) in [6.07, 6.45) is 5.71. The van der Waals surface area contributed by atoms with Crippen LogP contribution in [0.5, 0.6) is 0 Å². The standard InChI is InChI=1S/C16H27N5O3S/c1-4-7-20-12-15(8-17-20)25(23,24)21-10-13-5-6-14(21)11-19(9-13)16(22)18(2)3/h8,12-14H,4-7,9-11H2,1-3H3/t13-,14+/m0/s1. The molecule has 0 radical (unpaired) electrons. The second kappa shape index (κ2) is 6.95. The lowest BCUT2D eigenvalue weighted by Gasteiger charge is -2.34. The van der Waals surface area contributed by atoms with E-state index < -0.39 is 10.0 Å². The minimum absolute atomic E-state index is 0.0492. The maximum Gasteiger partial charge on any atom is 0.319 e. The van der Waals surface area contributed by atoms with E-state index >= 15 is 0 Å². The molecule has 0 spiro atoms. The predicted octanol–water partition coefficient (Wildman–Crippen LogP) is 1.06. The second-order valence-corrected chi connectivity index (χ2v) is 9.08. The zero-order valence-corrected chi connectivity index (χ0v) is 15.9. The third-order valence-corrected chi connectivity index (χ3v) is 6.86. The van der Waals surface area contributed by atoms with Gasteiger partial charge >= 0.3 is 6.03 Å². The Morgan fingerprint density at radius 1 is 1.28 bits per heavy atom. The van der Waals surface area contributed by atoms with Gasteiger partial charge in [0.15, 0.2) is 0 Å². The molecule has 0 aromatic carbocycles. The Balaban J connectivity index is 1.84. The molecular formula is C16H27N5O3S. The number of carbonyl (C=O) groups is 1. The normalized spacial score (nSPS) is 24.4. The summed E-state index contributed by atoms with van der Waals surface area (Å²) in [5.41, 5.74) is 0.